The Labute approximate surface area is 171 Å². The second kappa shape index (κ2) is 7.62. The number of nitrogens with zero attached hydrogens (tertiary/aromatic N) is 4. The molecule has 1 amide bonds. The third kappa shape index (κ3) is 3.96. The van der Waals surface area contributed by atoms with Gasteiger partial charge in [0.25, 0.3) is 5.91 Å². The van der Waals surface area contributed by atoms with Crippen LogP contribution in [-0.2, 0) is 12.7 Å². The van der Waals surface area contributed by atoms with E-state index in [0.29, 0.717) is 18.2 Å². The van der Waals surface area contributed by atoms with Crippen LogP contribution in [0.15, 0.2) is 42.7 Å². The summed E-state index contributed by atoms with van der Waals surface area (Å²) in [5, 5.41) is 10.8. The van der Waals surface area contributed by atoms with Crippen LogP contribution in [0.5, 0.6) is 0 Å². The molecule has 0 atom stereocenters. The molecular formula is C21H22F3N5O. The molecule has 0 bridgehead atoms. The van der Waals surface area contributed by atoms with Crippen LogP contribution in [0.25, 0.3) is 5.69 Å². The van der Waals surface area contributed by atoms with Gasteiger partial charge in [-0.1, -0.05) is 32.0 Å². The maximum absolute atomic E-state index is 13.8. The van der Waals surface area contributed by atoms with Gasteiger partial charge in [-0.25, -0.2) is 4.68 Å². The fourth-order valence-corrected chi connectivity index (χ4v) is 3.51. The summed E-state index contributed by atoms with van der Waals surface area (Å²) in [5.74, 6) is -0.224. The van der Waals surface area contributed by atoms with E-state index >= 15 is 0 Å². The lowest BCUT2D eigenvalue weighted by molar-refractivity contribution is -0.143. The van der Waals surface area contributed by atoms with Crippen LogP contribution in [0.2, 0.25) is 0 Å². The normalized spacial score (nSPS) is 14.3. The number of hydrogen-bond donors (Lipinski definition) is 1. The molecule has 30 heavy (non-hydrogen) atoms. The van der Waals surface area contributed by atoms with E-state index in [2.05, 4.69) is 29.4 Å². The summed E-state index contributed by atoms with van der Waals surface area (Å²) in [5.41, 5.74) is -0.0597. The van der Waals surface area contributed by atoms with Gasteiger partial charge in [0.2, 0.25) is 0 Å². The number of benzene rings is 1. The average molecular weight is 417 g/mol. The molecule has 2 heterocycles. The predicted molar refractivity (Wildman–Crippen MR) is 106 cm³/mol. The SMILES string of the molecule is CC(C)Cn1ncc(NC(=O)c2cnn(-c3ccccc3)c2C(F)(F)F)c1C1CC1. The van der Waals surface area contributed by atoms with Crippen LogP contribution in [0.4, 0.5) is 18.9 Å². The second-order valence-corrected chi connectivity index (χ2v) is 7.90. The van der Waals surface area contributed by atoms with E-state index in [1.54, 1.807) is 18.2 Å². The van der Waals surface area contributed by atoms with E-state index in [0.717, 1.165) is 29.4 Å². The summed E-state index contributed by atoms with van der Waals surface area (Å²) >= 11 is 0. The van der Waals surface area contributed by atoms with Crippen molar-refractivity contribution >= 4 is 11.6 Å². The fraction of sp³-hybridized carbons (Fsp3) is 0.381. The highest BCUT2D eigenvalue weighted by Gasteiger charge is 2.41. The highest BCUT2D eigenvalue weighted by Crippen LogP contribution is 2.44. The van der Waals surface area contributed by atoms with Crippen molar-refractivity contribution in [2.45, 2.75) is 45.3 Å². The number of hydrogen-bond acceptors (Lipinski definition) is 3. The van der Waals surface area contributed by atoms with Gasteiger partial charge in [-0.2, -0.15) is 23.4 Å². The van der Waals surface area contributed by atoms with Crippen molar-refractivity contribution in [3.05, 3.63) is 59.7 Å². The molecular weight excluding hydrogens is 395 g/mol. The van der Waals surface area contributed by atoms with Crippen LogP contribution >= 0.6 is 0 Å². The van der Waals surface area contributed by atoms with Crippen molar-refractivity contribution in [3.8, 4) is 5.69 Å². The third-order valence-electron chi connectivity index (χ3n) is 4.91. The Balaban J connectivity index is 1.68. The zero-order valence-corrected chi connectivity index (χ0v) is 16.6. The molecule has 0 radical (unpaired) electrons. The van der Waals surface area contributed by atoms with Gasteiger partial charge >= 0.3 is 6.18 Å². The van der Waals surface area contributed by atoms with Crippen LogP contribution < -0.4 is 5.32 Å². The molecule has 158 valence electrons. The first-order chi connectivity index (χ1) is 14.3. The van der Waals surface area contributed by atoms with E-state index in [9.17, 15) is 18.0 Å². The Morgan fingerprint density at radius 1 is 1.17 bits per heavy atom. The Morgan fingerprint density at radius 3 is 2.47 bits per heavy atom. The Hall–Kier alpha value is -3.10. The van der Waals surface area contributed by atoms with Crippen molar-refractivity contribution in [2.24, 2.45) is 5.92 Å². The minimum absolute atomic E-state index is 0.229. The number of aromatic nitrogens is 4. The minimum atomic E-state index is -4.75. The Morgan fingerprint density at radius 2 is 1.87 bits per heavy atom. The van der Waals surface area contributed by atoms with Gasteiger partial charge in [-0.15, -0.1) is 0 Å². The average Bonchev–Trinajstić information content (AvgIpc) is 3.27. The molecule has 1 fully saturated rings. The largest absolute Gasteiger partial charge is 0.434 e. The van der Waals surface area contributed by atoms with Crippen molar-refractivity contribution in [1.29, 1.82) is 0 Å². The first kappa shape index (κ1) is 20.2. The Bertz CT molecular complexity index is 1050. The molecule has 1 aliphatic carbocycles. The minimum Gasteiger partial charge on any atom is -0.319 e. The third-order valence-corrected chi connectivity index (χ3v) is 4.91. The van der Waals surface area contributed by atoms with Gasteiger partial charge < -0.3 is 5.32 Å². The van der Waals surface area contributed by atoms with Crippen molar-refractivity contribution < 1.29 is 18.0 Å². The maximum atomic E-state index is 13.8. The first-order valence-corrected chi connectivity index (χ1v) is 9.83. The molecule has 2 aromatic heterocycles. The summed E-state index contributed by atoms with van der Waals surface area (Å²) in [7, 11) is 0. The van der Waals surface area contributed by atoms with Gasteiger partial charge in [0, 0.05) is 12.5 Å². The van der Waals surface area contributed by atoms with E-state index in [-0.39, 0.29) is 11.6 Å². The number of para-hydroxylation sites is 1. The van der Waals surface area contributed by atoms with Gasteiger partial charge in [0.15, 0.2) is 5.69 Å². The topological polar surface area (TPSA) is 64.7 Å². The molecule has 0 spiro atoms. The molecule has 1 saturated carbocycles. The number of halogens is 3. The molecule has 6 nitrogen and oxygen atoms in total. The number of alkyl halides is 3. The van der Waals surface area contributed by atoms with E-state index < -0.39 is 23.3 Å². The van der Waals surface area contributed by atoms with Crippen molar-refractivity contribution in [3.63, 3.8) is 0 Å². The van der Waals surface area contributed by atoms with Gasteiger partial charge in [-0.05, 0) is 30.9 Å². The lowest BCUT2D eigenvalue weighted by atomic mass is 10.2. The van der Waals surface area contributed by atoms with Crippen LogP contribution in [-0.4, -0.2) is 25.5 Å². The lowest BCUT2D eigenvalue weighted by Crippen LogP contribution is -2.21. The molecule has 1 aliphatic rings. The van der Waals surface area contributed by atoms with Gasteiger partial charge in [0.1, 0.15) is 0 Å². The standard InChI is InChI=1S/C21H22F3N5O/c1-13(2)12-28-18(14-8-9-14)17(11-25-28)27-20(30)16-10-26-29(19(16)21(22,23)24)15-6-4-3-5-7-15/h3-7,10-11,13-14H,8-9,12H2,1-2H3,(H,27,30). The highest BCUT2D eigenvalue weighted by molar-refractivity contribution is 6.05. The summed E-state index contributed by atoms with van der Waals surface area (Å²) < 4.78 is 44.1. The molecule has 1 aromatic carbocycles. The van der Waals surface area contributed by atoms with E-state index in [1.165, 1.54) is 18.3 Å². The van der Waals surface area contributed by atoms with Gasteiger partial charge in [-0.3, -0.25) is 9.48 Å². The number of rotatable bonds is 6. The predicted octanol–water partition coefficient (Wildman–Crippen LogP) is 4.87. The quantitative estimate of drug-likeness (QED) is 0.622. The summed E-state index contributed by atoms with van der Waals surface area (Å²) in [6.45, 7) is 4.80. The molecule has 9 heteroatoms. The molecule has 0 saturated heterocycles. The number of amides is 1. The van der Waals surface area contributed by atoms with Crippen LogP contribution in [0, 0.1) is 5.92 Å². The molecule has 0 aliphatic heterocycles. The van der Waals surface area contributed by atoms with Crippen molar-refractivity contribution in [1.82, 2.24) is 19.6 Å². The molecule has 0 unspecified atom stereocenters. The van der Waals surface area contributed by atoms with E-state index in [4.69, 9.17) is 0 Å². The molecule has 3 aromatic rings. The smallest absolute Gasteiger partial charge is 0.319 e. The number of anilines is 1. The highest BCUT2D eigenvalue weighted by atomic mass is 19.4. The maximum Gasteiger partial charge on any atom is 0.434 e. The number of carbonyl (C=O) groups excluding carboxylic acids is 1. The van der Waals surface area contributed by atoms with Crippen LogP contribution in [0.3, 0.4) is 0 Å². The molecule has 4 rings (SSSR count). The molecule has 1 N–H and O–H groups in total. The number of carbonyl (C=O) groups is 1. The first-order valence-electron chi connectivity index (χ1n) is 9.83. The van der Waals surface area contributed by atoms with Gasteiger partial charge in [0.05, 0.1) is 35.0 Å². The van der Waals surface area contributed by atoms with Crippen molar-refractivity contribution in [2.75, 3.05) is 5.32 Å². The zero-order valence-electron chi connectivity index (χ0n) is 16.6. The second-order valence-electron chi connectivity index (χ2n) is 7.90. The summed E-state index contributed by atoms with van der Waals surface area (Å²) in [4.78, 5) is 12.9. The van der Waals surface area contributed by atoms with Crippen LogP contribution in [0.1, 0.15) is 54.4 Å². The van der Waals surface area contributed by atoms with E-state index in [1.807, 2.05) is 4.68 Å². The summed E-state index contributed by atoms with van der Waals surface area (Å²) in [6, 6.07) is 7.93. The fourth-order valence-electron chi connectivity index (χ4n) is 3.51. The number of nitrogens with one attached hydrogen (secondary N) is 1. The Kier molecular flexibility index (Phi) is 5.13. The monoisotopic (exact) mass is 417 g/mol. The lowest BCUT2D eigenvalue weighted by Gasteiger charge is -2.14. The zero-order chi connectivity index (χ0) is 21.5. The summed E-state index contributed by atoms with van der Waals surface area (Å²) in [6.07, 6.45) is -0.317.